The van der Waals surface area contributed by atoms with Crippen molar-refractivity contribution in [3.63, 3.8) is 0 Å². The third kappa shape index (κ3) is 4.10. The van der Waals surface area contributed by atoms with Crippen LogP contribution in [0.5, 0.6) is 0 Å². The molecule has 4 rings (SSSR count). The fourth-order valence-corrected chi connectivity index (χ4v) is 6.20. The predicted octanol–water partition coefficient (Wildman–Crippen LogP) is 0.945. The van der Waals surface area contributed by atoms with E-state index < -0.39 is 40.5 Å². The number of rotatable bonds is 6. The maximum Gasteiger partial charge on any atom is 0.331 e. The van der Waals surface area contributed by atoms with Crippen LogP contribution < -0.4 is 15.8 Å². The standard InChI is InChI=1S/C20H20N4O6S2/c1-10(22-18-12-5-2-3-8-14(12)32(28,29)24-18)20(27)30-9-15(25)23-19-16(17(21)26)11-6-4-7-13(11)31-19/h2-3,5,8,10H,4,6-7,9H2,1H3,(H2,21,26)(H,22,24)(H,23,25)/t10-/m0/s1. The second-order valence-corrected chi connectivity index (χ2v) is 10.1. The molecule has 0 saturated heterocycles. The van der Waals surface area contributed by atoms with E-state index in [2.05, 4.69) is 15.0 Å². The number of thiophene rings is 1. The van der Waals surface area contributed by atoms with Gasteiger partial charge in [0.15, 0.2) is 6.61 Å². The number of amides is 2. The third-order valence-electron chi connectivity index (χ3n) is 5.09. The Morgan fingerprint density at radius 2 is 2.03 bits per heavy atom. The SMILES string of the molecule is C[C@H](N=C1NS(=O)(=O)c2ccccc21)C(=O)OCC(=O)Nc1sc2c(c1C(N)=O)CCC2. The topological polar surface area (TPSA) is 157 Å². The fraction of sp³-hybridized carbons (Fsp3) is 0.300. The number of nitrogens with zero attached hydrogens (tertiary/aromatic N) is 1. The summed E-state index contributed by atoms with van der Waals surface area (Å²) in [6.07, 6.45) is 2.50. The molecule has 0 fully saturated rings. The summed E-state index contributed by atoms with van der Waals surface area (Å²) in [5.41, 5.74) is 7.01. The Kier molecular flexibility index (Phi) is 5.73. The normalized spacial score (nSPS) is 17.8. The first kappa shape index (κ1) is 22.0. The zero-order valence-corrected chi connectivity index (χ0v) is 18.6. The Balaban J connectivity index is 1.39. The van der Waals surface area contributed by atoms with Crippen LogP contribution in [0.4, 0.5) is 5.00 Å². The number of amidine groups is 1. The van der Waals surface area contributed by atoms with Gasteiger partial charge in [-0.3, -0.25) is 19.3 Å². The number of primary amides is 1. The van der Waals surface area contributed by atoms with Gasteiger partial charge in [-0.2, -0.15) is 0 Å². The largest absolute Gasteiger partial charge is 0.454 e. The molecule has 1 aromatic carbocycles. The molecule has 2 heterocycles. The number of hydrogen-bond acceptors (Lipinski definition) is 8. The second kappa shape index (κ2) is 8.36. The maximum atomic E-state index is 12.3. The van der Waals surface area contributed by atoms with Gasteiger partial charge in [0, 0.05) is 10.4 Å². The highest BCUT2D eigenvalue weighted by atomic mass is 32.2. The molecule has 12 heteroatoms. The summed E-state index contributed by atoms with van der Waals surface area (Å²) >= 11 is 1.30. The Hall–Kier alpha value is -3.25. The average molecular weight is 477 g/mol. The van der Waals surface area contributed by atoms with Gasteiger partial charge in [-0.05, 0) is 43.9 Å². The second-order valence-electron chi connectivity index (χ2n) is 7.34. The molecular weight excluding hydrogens is 456 g/mol. The van der Waals surface area contributed by atoms with Crippen LogP contribution in [0, 0.1) is 0 Å². The molecule has 2 amide bonds. The van der Waals surface area contributed by atoms with Crippen molar-refractivity contribution in [2.75, 3.05) is 11.9 Å². The number of sulfonamides is 1. The van der Waals surface area contributed by atoms with Gasteiger partial charge >= 0.3 is 5.97 Å². The first-order valence-electron chi connectivity index (χ1n) is 9.78. The molecule has 1 aliphatic heterocycles. The summed E-state index contributed by atoms with van der Waals surface area (Å²) in [7, 11) is -3.73. The summed E-state index contributed by atoms with van der Waals surface area (Å²) in [5.74, 6) is -2.00. The number of anilines is 1. The van der Waals surface area contributed by atoms with E-state index in [0.717, 1.165) is 29.7 Å². The van der Waals surface area contributed by atoms with E-state index in [4.69, 9.17) is 10.5 Å². The van der Waals surface area contributed by atoms with E-state index in [1.807, 2.05) is 0 Å². The molecule has 0 spiro atoms. The van der Waals surface area contributed by atoms with Gasteiger partial charge in [0.05, 0.1) is 10.5 Å². The van der Waals surface area contributed by atoms with Gasteiger partial charge in [-0.1, -0.05) is 12.1 Å². The van der Waals surface area contributed by atoms with Crippen molar-refractivity contribution in [3.05, 3.63) is 45.8 Å². The first-order chi connectivity index (χ1) is 15.2. The van der Waals surface area contributed by atoms with Gasteiger partial charge in [0.2, 0.25) is 0 Å². The lowest BCUT2D eigenvalue weighted by molar-refractivity contribution is -0.148. The minimum atomic E-state index is -3.73. The van der Waals surface area contributed by atoms with Crippen LogP contribution in [0.1, 0.15) is 39.7 Å². The molecule has 32 heavy (non-hydrogen) atoms. The Morgan fingerprint density at radius 3 is 2.78 bits per heavy atom. The first-order valence-corrected chi connectivity index (χ1v) is 12.1. The van der Waals surface area contributed by atoms with E-state index in [1.165, 1.54) is 24.3 Å². The molecule has 0 bridgehead atoms. The molecule has 4 N–H and O–H groups in total. The average Bonchev–Trinajstić information content (AvgIpc) is 3.38. The van der Waals surface area contributed by atoms with Gasteiger partial charge in [-0.25, -0.2) is 13.2 Å². The molecule has 2 aliphatic rings. The van der Waals surface area contributed by atoms with Crippen LogP contribution in [0.15, 0.2) is 34.2 Å². The summed E-state index contributed by atoms with van der Waals surface area (Å²) in [6, 6.07) is 5.20. The highest BCUT2D eigenvalue weighted by molar-refractivity contribution is 7.90. The van der Waals surface area contributed by atoms with Crippen molar-refractivity contribution in [3.8, 4) is 0 Å². The van der Waals surface area contributed by atoms with Gasteiger partial charge in [-0.15, -0.1) is 11.3 Å². The van der Waals surface area contributed by atoms with Gasteiger partial charge < -0.3 is 15.8 Å². The maximum absolute atomic E-state index is 12.3. The van der Waals surface area contributed by atoms with Crippen LogP contribution in [-0.2, 0) is 37.2 Å². The van der Waals surface area contributed by atoms with Crippen molar-refractivity contribution in [2.24, 2.45) is 10.7 Å². The summed E-state index contributed by atoms with van der Waals surface area (Å²) in [4.78, 5) is 41.6. The lowest BCUT2D eigenvalue weighted by atomic mass is 10.1. The molecule has 1 aliphatic carbocycles. The number of esters is 1. The molecule has 1 aromatic heterocycles. The lowest BCUT2D eigenvalue weighted by Crippen LogP contribution is -2.29. The van der Waals surface area contributed by atoms with E-state index in [9.17, 15) is 22.8 Å². The highest BCUT2D eigenvalue weighted by Crippen LogP contribution is 2.38. The monoisotopic (exact) mass is 476 g/mol. The van der Waals surface area contributed by atoms with E-state index in [0.29, 0.717) is 16.1 Å². The van der Waals surface area contributed by atoms with E-state index in [-0.39, 0.29) is 10.7 Å². The zero-order valence-electron chi connectivity index (χ0n) is 17.0. The summed E-state index contributed by atoms with van der Waals surface area (Å²) in [5, 5.41) is 2.94. The van der Waals surface area contributed by atoms with E-state index in [1.54, 1.807) is 18.2 Å². The van der Waals surface area contributed by atoms with Crippen LogP contribution >= 0.6 is 11.3 Å². The Labute approximate surface area is 187 Å². The lowest BCUT2D eigenvalue weighted by Gasteiger charge is -2.10. The molecule has 0 saturated carbocycles. The number of carbonyl (C=O) groups excluding carboxylic acids is 3. The third-order valence-corrected chi connectivity index (χ3v) is 7.70. The molecule has 2 aromatic rings. The van der Waals surface area contributed by atoms with Crippen molar-refractivity contribution in [1.29, 1.82) is 0 Å². The van der Waals surface area contributed by atoms with Crippen molar-refractivity contribution >= 4 is 50.0 Å². The Bertz CT molecular complexity index is 1260. The highest BCUT2D eigenvalue weighted by Gasteiger charge is 2.31. The number of hydrogen-bond donors (Lipinski definition) is 3. The molecule has 0 radical (unpaired) electrons. The molecule has 1 atom stereocenters. The van der Waals surface area contributed by atoms with Crippen molar-refractivity contribution in [2.45, 2.75) is 37.1 Å². The van der Waals surface area contributed by atoms with Gasteiger partial charge in [0.1, 0.15) is 16.9 Å². The number of aryl methyl sites for hydroxylation is 1. The van der Waals surface area contributed by atoms with Crippen LogP contribution in [0.3, 0.4) is 0 Å². The molecule has 168 valence electrons. The number of ether oxygens (including phenoxy) is 1. The quantitative estimate of drug-likeness (QED) is 0.527. The number of aliphatic imine (C=N–C) groups is 1. The number of nitrogens with one attached hydrogen (secondary N) is 2. The number of carbonyl (C=O) groups is 3. The zero-order chi connectivity index (χ0) is 23.0. The van der Waals surface area contributed by atoms with Gasteiger partial charge in [0.25, 0.3) is 21.8 Å². The number of nitrogens with two attached hydrogens (primary N) is 1. The number of fused-ring (bicyclic) bond motifs is 2. The van der Waals surface area contributed by atoms with Crippen LogP contribution in [0.2, 0.25) is 0 Å². The molecular formula is C20H20N4O6S2. The number of benzene rings is 1. The fourth-order valence-electron chi connectivity index (χ4n) is 3.65. The summed E-state index contributed by atoms with van der Waals surface area (Å²) < 4.78 is 31.6. The van der Waals surface area contributed by atoms with Crippen LogP contribution in [0.25, 0.3) is 0 Å². The van der Waals surface area contributed by atoms with Crippen molar-refractivity contribution in [1.82, 2.24) is 4.72 Å². The molecule has 10 nitrogen and oxygen atoms in total. The minimum Gasteiger partial charge on any atom is -0.454 e. The predicted molar refractivity (Wildman–Crippen MR) is 117 cm³/mol. The minimum absolute atomic E-state index is 0.0358. The van der Waals surface area contributed by atoms with Crippen molar-refractivity contribution < 1.29 is 27.5 Å². The van der Waals surface area contributed by atoms with E-state index >= 15 is 0 Å². The summed E-state index contributed by atoms with van der Waals surface area (Å²) in [6.45, 7) is 0.842. The Morgan fingerprint density at radius 1 is 1.28 bits per heavy atom. The molecule has 0 unspecified atom stereocenters. The smallest absolute Gasteiger partial charge is 0.331 e. The van der Waals surface area contributed by atoms with Crippen LogP contribution in [-0.4, -0.2) is 44.7 Å².